The summed E-state index contributed by atoms with van der Waals surface area (Å²) in [6.07, 6.45) is 0. The zero-order chi connectivity index (χ0) is 19.2. The van der Waals surface area contributed by atoms with Gasteiger partial charge >= 0.3 is 0 Å². The molecule has 2 aromatic carbocycles. The Morgan fingerprint density at radius 2 is 1.93 bits per heavy atom. The van der Waals surface area contributed by atoms with Gasteiger partial charge in [0.1, 0.15) is 0 Å². The van der Waals surface area contributed by atoms with E-state index in [2.05, 4.69) is 40.4 Å². The highest BCUT2D eigenvalue weighted by atomic mass is 16.5. The van der Waals surface area contributed by atoms with E-state index in [0.717, 1.165) is 36.5 Å². The number of carbonyl (C=O) groups is 1. The van der Waals surface area contributed by atoms with Gasteiger partial charge in [-0.2, -0.15) is 0 Å². The second-order valence-electron chi connectivity index (χ2n) is 7.44. The largest absolute Gasteiger partial charge is 0.380 e. The van der Waals surface area contributed by atoms with Crippen LogP contribution < -0.4 is 10.2 Å². The van der Waals surface area contributed by atoms with E-state index in [1.54, 1.807) is 0 Å². The first kappa shape index (κ1) is 19.4. The van der Waals surface area contributed by atoms with E-state index >= 15 is 0 Å². The average Bonchev–Trinajstić information content (AvgIpc) is 2.90. The van der Waals surface area contributed by atoms with Crippen LogP contribution in [-0.4, -0.2) is 64.8 Å². The number of anilines is 1. The molecule has 1 saturated heterocycles. The number of benzene rings is 2. The van der Waals surface area contributed by atoms with Gasteiger partial charge in [0.05, 0.1) is 13.2 Å². The third-order valence-corrected chi connectivity index (χ3v) is 4.91. The summed E-state index contributed by atoms with van der Waals surface area (Å²) in [5.74, 6) is 0.286. The Morgan fingerprint density at radius 1 is 1.19 bits per heavy atom. The van der Waals surface area contributed by atoms with E-state index in [9.17, 15) is 4.79 Å². The van der Waals surface area contributed by atoms with Crippen molar-refractivity contribution in [1.29, 1.82) is 0 Å². The first-order valence-electron chi connectivity index (χ1n) is 9.45. The van der Waals surface area contributed by atoms with Crippen molar-refractivity contribution >= 4 is 11.6 Å². The monoisotopic (exact) mass is 367 g/mol. The van der Waals surface area contributed by atoms with Gasteiger partial charge in [-0.15, -0.1) is 0 Å². The SMILES string of the molecule is CN1CCOC[C@@H](CNC(=O)c2cccc(-c3cccc(N(C)C)c3)c2)C1. The Labute approximate surface area is 161 Å². The molecule has 3 rings (SSSR count). The van der Waals surface area contributed by atoms with Gasteiger partial charge in [-0.1, -0.05) is 24.3 Å². The summed E-state index contributed by atoms with van der Waals surface area (Å²) in [6.45, 7) is 3.97. The Bertz CT molecular complexity index is 776. The fourth-order valence-corrected chi connectivity index (χ4v) is 3.32. The van der Waals surface area contributed by atoms with Gasteiger partial charge < -0.3 is 19.9 Å². The smallest absolute Gasteiger partial charge is 0.251 e. The molecule has 1 N–H and O–H groups in total. The first-order chi connectivity index (χ1) is 13.0. The molecule has 27 heavy (non-hydrogen) atoms. The van der Waals surface area contributed by atoms with E-state index in [1.165, 1.54) is 0 Å². The molecule has 0 spiro atoms. The molecule has 0 radical (unpaired) electrons. The van der Waals surface area contributed by atoms with E-state index in [1.807, 2.05) is 44.4 Å². The van der Waals surface area contributed by atoms with Gasteiger partial charge in [0.25, 0.3) is 5.91 Å². The molecule has 0 unspecified atom stereocenters. The lowest BCUT2D eigenvalue weighted by atomic mass is 10.0. The Hall–Kier alpha value is -2.37. The molecule has 5 heteroatoms. The lowest BCUT2D eigenvalue weighted by molar-refractivity contribution is 0.0921. The van der Waals surface area contributed by atoms with Gasteiger partial charge in [0.15, 0.2) is 0 Å². The van der Waals surface area contributed by atoms with Crippen molar-refractivity contribution in [2.45, 2.75) is 0 Å². The van der Waals surface area contributed by atoms with Crippen LogP contribution in [0.2, 0.25) is 0 Å². The zero-order valence-electron chi connectivity index (χ0n) is 16.4. The topological polar surface area (TPSA) is 44.8 Å². The highest BCUT2D eigenvalue weighted by Gasteiger charge is 2.17. The molecular weight excluding hydrogens is 338 g/mol. The summed E-state index contributed by atoms with van der Waals surface area (Å²) in [5.41, 5.74) is 3.98. The summed E-state index contributed by atoms with van der Waals surface area (Å²) < 4.78 is 5.63. The maximum Gasteiger partial charge on any atom is 0.251 e. The third kappa shape index (κ3) is 5.31. The molecule has 1 amide bonds. The molecule has 2 aromatic rings. The van der Waals surface area contributed by atoms with Crippen molar-refractivity contribution < 1.29 is 9.53 Å². The van der Waals surface area contributed by atoms with Crippen LogP contribution in [0.5, 0.6) is 0 Å². The zero-order valence-corrected chi connectivity index (χ0v) is 16.4. The lowest BCUT2D eigenvalue weighted by Crippen LogP contribution is -2.35. The molecule has 1 aliphatic heterocycles. The fourth-order valence-electron chi connectivity index (χ4n) is 3.32. The van der Waals surface area contributed by atoms with Gasteiger partial charge in [0.2, 0.25) is 0 Å². The number of rotatable bonds is 5. The van der Waals surface area contributed by atoms with Crippen molar-refractivity contribution in [3.8, 4) is 11.1 Å². The number of hydrogen-bond donors (Lipinski definition) is 1. The number of likely N-dealkylation sites (N-methyl/N-ethyl adjacent to an activating group) is 1. The summed E-state index contributed by atoms with van der Waals surface area (Å²) in [7, 11) is 6.14. The van der Waals surface area contributed by atoms with Crippen LogP contribution >= 0.6 is 0 Å². The molecule has 0 aromatic heterocycles. The number of hydrogen-bond acceptors (Lipinski definition) is 4. The Balaban J connectivity index is 1.67. The van der Waals surface area contributed by atoms with E-state index in [4.69, 9.17) is 4.74 Å². The van der Waals surface area contributed by atoms with Gasteiger partial charge in [-0.25, -0.2) is 0 Å². The maximum absolute atomic E-state index is 12.6. The van der Waals surface area contributed by atoms with Crippen molar-refractivity contribution in [3.05, 3.63) is 54.1 Å². The molecule has 0 saturated carbocycles. The molecule has 1 atom stereocenters. The number of nitrogens with zero attached hydrogens (tertiary/aromatic N) is 2. The molecule has 1 aliphatic rings. The maximum atomic E-state index is 12.6. The van der Waals surface area contributed by atoms with Crippen LogP contribution in [0.15, 0.2) is 48.5 Å². The van der Waals surface area contributed by atoms with Crippen molar-refractivity contribution in [2.24, 2.45) is 5.92 Å². The van der Waals surface area contributed by atoms with Crippen molar-refractivity contribution in [3.63, 3.8) is 0 Å². The number of ether oxygens (including phenoxy) is 1. The minimum Gasteiger partial charge on any atom is -0.380 e. The predicted molar refractivity (Wildman–Crippen MR) is 110 cm³/mol. The lowest BCUT2D eigenvalue weighted by Gasteiger charge is -2.19. The van der Waals surface area contributed by atoms with Crippen molar-refractivity contribution in [2.75, 3.05) is 58.9 Å². The van der Waals surface area contributed by atoms with Gasteiger partial charge in [-0.05, 0) is 42.4 Å². The predicted octanol–water partition coefficient (Wildman–Crippen LogP) is 2.73. The average molecular weight is 367 g/mol. The molecule has 144 valence electrons. The summed E-state index contributed by atoms with van der Waals surface area (Å²) in [5, 5.41) is 3.07. The Kier molecular flexibility index (Phi) is 6.48. The molecule has 0 aliphatic carbocycles. The van der Waals surface area contributed by atoms with Gasteiger partial charge in [0, 0.05) is 50.9 Å². The van der Waals surface area contributed by atoms with Crippen LogP contribution in [0.25, 0.3) is 11.1 Å². The van der Waals surface area contributed by atoms with Crippen LogP contribution in [0.1, 0.15) is 10.4 Å². The highest BCUT2D eigenvalue weighted by Crippen LogP contribution is 2.24. The van der Waals surface area contributed by atoms with Crippen LogP contribution in [-0.2, 0) is 4.74 Å². The van der Waals surface area contributed by atoms with Crippen LogP contribution in [0, 0.1) is 5.92 Å². The molecular formula is C22H29N3O2. The van der Waals surface area contributed by atoms with E-state index in [0.29, 0.717) is 24.6 Å². The van der Waals surface area contributed by atoms with Crippen LogP contribution in [0.4, 0.5) is 5.69 Å². The molecule has 0 bridgehead atoms. The second kappa shape index (κ2) is 9.02. The van der Waals surface area contributed by atoms with E-state index in [-0.39, 0.29) is 5.91 Å². The van der Waals surface area contributed by atoms with Gasteiger partial charge in [-0.3, -0.25) is 4.79 Å². The van der Waals surface area contributed by atoms with Crippen molar-refractivity contribution in [1.82, 2.24) is 10.2 Å². The number of amides is 1. The summed E-state index contributed by atoms with van der Waals surface area (Å²) in [4.78, 5) is 17.0. The summed E-state index contributed by atoms with van der Waals surface area (Å²) in [6, 6.07) is 16.1. The summed E-state index contributed by atoms with van der Waals surface area (Å²) >= 11 is 0. The quantitative estimate of drug-likeness (QED) is 0.883. The minimum atomic E-state index is -0.0347. The normalized spacial score (nSPS) is 18.0. The molecule has 1 heterocycles. The Morgan fingerprint density at radius 3 is 2.70 bits per heavy atom. The van der Waals surface area contributed by atoms with E-state index < -0.39 is 0 Å². The number of nitrogens with one attached hydrogen (secondary N) is 1. The van der Waals surface area contributed by atoms with Crippen LogP contribution in [0.3, 0.4) is 0 Å². The highest BCUT2D eigenvalue weighted by molar-refractivity contribution is 5.95. The second-order valence-corrected chi connectivity index (χ2v) is 7.44. The third-order valence-electron chi connectivity index (χ3n) is 4.91. The standard InChI is InChI=1S/C22H29N3O2/c1-24(2)21-9-5-7-19(13-21)18-6-4-8-20(12-18)22(26)23-14-17-15-25(3)10-11-27-16-17/h4-9,12-13,17H,10-11,14-16H2,1-3H3,(H,23,26)/t17-/m0/s1. The molecule has 1 fully saturated rings. The molecule has 5 nitrogen and oxygen atoms in total. The fraction of sp³-hybridized carbons (Fsp3) is 0.409. The first-order valence-corrected chi connectivity index (χ1v) is 9.45. The number of carbonyl (C=O) groups excluding carboxylic acids is 1. The minimum absolute atomic E-state index is 0.0347.